The highest BCUT2D eigenvalue weighted by Crippen LogP contribution is 2.28. The van der Waals surface area contributed by atoms with Crippen LogP contribution in [0.2, 0.25) is 0 Å². The number of hydrogen-bond donors (Lipinski definition) is 2. The maximum Gasteiger partial charge on any atom is 0.240 e. The summed E-state index contributed by atoms with van der Waals surface area (Å²) in [6.45, 7) is 4.11. The van der Waals surface area contributed by atoms with Gasteiger partial charge in [0, 0.05) is 13.2 Å². The first-order chi connectivity index (χ1) is 9.31. The Morgan fingerprint density at radius 3 is 2.60 bits per heavy atom. The molecule has 0 aliphatic rings. The SMILES string of the molecule is CCOC(C)CNS(=O)(=O)c1cc(N)c(OC)c(F)c1. The molecule has 0 aromatic heterocycles. The van der Waals surface area contributed by atoms with Gasteiger partial charge in [-0.25, -0.2) is 17.5 Å². The Morgan fingerprint density at radius 2 is 2.10 bits per heavy atom. The first kappa shape index (κ1) is 16.7. The van der Waals surface area contributed by atoms with Crippen molar-refractivity contribution in [3.8, 4) is 5.75 Å². The molecule has 0 saturated carbocycles. The molecule has 0 spiro atoms. The number of ether oxygens (including phenoxy) is 2. The lowest BCUT2D eigenvalue weighted by atomic mass is 10.3. The highest BCUT2D eigenvalue weighted by molar-refractivity contribution is 7.89. The second-order valence-electron chi connectivity index (χ2n) is 4.15. The Balaban J connectivity index is 2.93. The van der Waals surface area contributed by atoms with E-state index in [2.05, 4.69) is 4.72 Å². The lowest BCUT2D eigenvalue weighted by molar-refractivity contribution is 0.0799. The average molecular weight is 306 g/mol. The van der Waals surface area contributed by atoms with E-state index in [0.717, 1.165) is 12.1 Å². The minimum absolute atomic E-state index is 0.0780. The predicted octanol–water partition coefficient (Wildman–Crippen LogP) is 1.12. The van der Waals surface area contributed by atoms with Crippen LogP contribution in [0.4, 0.5) is 10.1 Å². The van der Waals surface area contributed by atoms with Crippen molar-refractivity contribution < 1.29 is 22.3 Å². The summed E-state index contributed by atoms with van der Waals surface area (Å²) in [6, 6.07) is 2.01. The molecule has 1 unspecified atom stereocenters. The number of methoxy groups -OCH3 is 1. The maximum atomic E-state index is 13.6. The van der Waals surface area contributed by atoms with Gasteiger partial charge in [0.15, 0.2) is 11.6 Å². The molecule has 8 heteroatoms. The smallest absolute Gasteiger partial charge is 0.240 e. The van der Waals surface area contributed by atoms with Gasteiger partial charge in [-0.1, -0.05) is 0 Å². The summed E-state index contributed by atoms with van der Waals surface area (Å²) in [5.74, 6) is -1.00. The van der Waals surface area contributed by atoms with Crippen LogP contribution < -0.4 is 15.2 Å². The molecule has 6 nitrogen and oxygen atoms in total. The largest absolute Gasteiger partial charge is 0.492 e. The van der Waals surface area contributed by atoms with Crippen LogP contribution >= 0.6 is 0 Å². The van der Waals surface area contributed by atoms with E-state index in [4.69, 9.17) is 15.2 Å². The predicted molar refractivity (Wildman–Crippen MR) is 73.6 cm³/mol. The second kappa shape index (κ2) is 6.87. The Labute approximate surface area is 118 Å². The van der Waals surface area contributed by atoms with Gasteiger partial charge in [0.25, 0.3) is 0 Å². The number of anilines is 1. The minimum Gasteiger partial charge on any atom is -0.492 e. The highest BCUT2D eigenvalue weighted by atomic mass is 32.2. The summed E-state index contributed by atoms with van der Waals surface area (Å²) >= 11 is 0. The van der Waals surface area contributed by atoms with Crippen LogP contribution in [0, 0.1) is 5.82 Å². The Kier molecular flexibility index (Phi) is 5.73. The van der Waals surface area contributed by atoms with Crippen molar-refractivity contribution in [1.82, 2.24) is 4.72 Å². The van der Waals surface area contributed by atoms with Gasteiger partial charge < -0.3 is 15.2 Å². The molecule has 0 amide bonds. The summed E-state index contributed by atoms with van der Waals surface area (Å²) in [7, 11) is -2.59. The Hall–Kier alpha value is -1.38. The van der Waals surface area contributed by atoms with E-state index in [-0.39, 0.29) is 29.0 Å². The van der Waals surface area contributed by atoms with Crippen molar-refractivity contribution in [2.75, 3.05) is 26.0 Å². The van der Waals surface area contributed by atoms with Crippen LogP contribution in [0.1, 0.15) is 13.8 Å². The molecule has 0 saturated heterocycles. The fourth-order valence-electron chi connectivity index (χ4n) is 1.61. The van der Waals surface area contributed by atoms with E-state index < -0.39 is 15.8 Å². The van der Waals surface area contributed by atoms with Gasteiger partial charge in [-0.2, -0.15) is 0 Å². The number of hydrogen-bond acceptors (Lipinski definition) is 5. The number of nitrogens with two attached hydrogens (primary N) is 1. The molecular formula is C12H19FN2O4S. The van der Waals surface area contributed by atoms with Crippen LogP contribution in [0.15, 0.2) is 17.0 Å². The molecule has 0 aliphatic heterocycles. The van der Waals surface area contributed by atoms with Crippen LogP contribution in [-0.4, -0.2) is 34.8 Å². The highest BCUT2D eigenvalue weighted by Gasteiger charge is 2.19. The standard InChI is InChI=1S/C12H19FN2O4S/c1-4-19-8(2)7-15-20(16,17)9-5-10(13)12(18-3)11(14)6-9/h5-6,8,15H,4,7,14H2,1-3H3. The number of nitrogen functional groups attached to an aromatic ring is 1. The molecular weight excluding hydrogens is 287 g/mol. The first-order valence-electron chi connectivity index (χ1n) is 6.06. The normalized spacial score (nSPS) is 13.2. The minimum atomic E-state index is -3.85. The van der Waals surface area contributed by atoms with Gasteiger partial charge >= 0.3 is 0 Å². The molecule has 0 heterocycles. The van der Waals surface area contributed by atoms with E-state index in [1.54, 1.807) is 6.92 Å². The topological polar surface area (TPSA) is 90.7 Å². The molecule has 1 rings (SSSR count). The first-order valence-corrected chi connectivity index (χ1v) is 7.54. The van der Waals surface area contributed by atoms with Crippen molar-refractivity contribution >= 4 is 15.7 Å². The summed E-state index contributed by atoms with van der Waals surface area (Å²) in [5.41, 5.74) is 5.47. The van der Waals surface area contributed by atoms with Gasteiger partial charge in [-0.05, 0) is 26.0 Å². The summed E-state index contributed by atoms with van der Waals surface area (Å²) < 4.78 is 50.0. The fraction of sp³-hybridized carbons (Fsp3) is 0.500. The van der Waals surface area contributed by atoms with Crippen LogP contribution in [0.3, 0.4) is 0 Å². The molecule has 1 aromatic carbocycles. The third kappa shape index (κ3) is 4.06. The Bertz CT molecular complexity index is 540. The van der Waals surface area contributed by atoms with Gasteiger partial charge in [0.2, 0.25) is 10.0 Å². The van der Waals surface area contributed by atoms with Gasteiger partial charge in [-0.3, -0.25) is 0 Å². The maximum absolute atomic E-state index is 13.6. The molecule has 0 bridgehead atoms. The third-order valence-corrected chi connectivity index (χ3v) is 3.98. The van der Waals surface area contributed by atoms with E-state index in [1.165, 1.54) is 7.11 Å². The lowest BCUT2D eigenvalue weighted by Crippen LogP contribution is -2.32. The average Bonchev–Trinajstić information content (AvgIpc) is 2.36. The number of rotatable bonds is 7. The number of sulfonamides is 1. The van der Waals surface area contributed by atoms with Gasteiger partial charge in [-0.15, -0.1) is 0 Å². The van der Waals surface area contributed by atoms with Crippen molar-refractivity contribution in [1.29, 1.82) is 0 Å². The van der Waals surface area contributed by atoms with E-state index in [0.29, 0.717) is 6.61 Å². The van der Waals surface area contributed by atoms with E-state index >= 15 is 0 Å². The monoisotopic (exact) mass is 306 g/mol. The van der Waals surface area contributed by atoms with Crippen LogP contribution in [0.25, 0.3) is 0 Å². The zero-order chi connectivity index (χ0) is 15.3. The second-order valence-corrected chi connectivity index (χ2v) is 5.91. The number of nitrogens with one attached hydrogen (secondary N) is 1. The van der Waals surface area contributed by atoms with Crippen molar-refractivity contribution in [2.45, 2.75) is 24.8 Å². The fourth-order valence-corrected chi connectivity index (χ4v) is 2.77. The zero-order valence-corrected chi connectivity index (χ0v) is 12.5. The third-order valence-electron chi connectivity index (χ3n) is 2.57. The Morgan fingerprint density at radius 1 is 1.45 bits per heavy atom. The molecule has 20 heavy (non-hydrogen) atoms. The molecule has 0 radical (unpaired) electrons. The molecule has 3 N–H and O–H groups in total. The van der Waals surface area contributed by atoms with Crippen molar-refractivity contribution in [3.63, 3.8) is 0 Å². The lowest BCUT2D eigenvalue weighted by Gasteiger charge is -2.14. The van der Waals surface area contributed by atoms with E-state index in [9.17, 15) is 12.8 Å². The van der Waals surface area contributed by atoms with Crippen molar-refractivity contribution in [2.24, 2.45) is 0 Å². The van der Waals surface area contributed by atoms with Crippen molar-refractivity contribution in [3.05, 3.63) is 17.9 Å². The molecule has 0 fully saturated rings. The molecule has 1 aromatic rings. The van der Waals surface area contributed by atoms with E-state index in [1.807, 2.05) is 6.92 Å². The number of halogens is 1. The van der Waals surface area contributed by atoms with Gasteiger partial charge in [0.1, 0.15) is 0 Å². The van der Waals surface area contributed by atoms with Crippen LogP contribution in [-0.2, 0) is 14.8 Å². The summed E-state index contributed by atoms with van der Waals surface area (Å²) in [5, 5.41) is 0. The van der Waals surface area contributed by atoms with Gasteiger partial charge in [0.05, 0.1) is 23.8 Å². The molecule has 0 aliphatic carbocycles. The molecule has 114 valence electrons. The van der Waals surface area contributed by atoms with Crippen LogP contribution in [0.5, 0.6) is 5.75 Å². The quantitative estimate of drug-likeness (QED) is 0.737. The summed E-state index contributed by atoms with van der Waals surface area (Å²) in [6.07, 6.45) is -0.282. The molecule has 1 atom stereocenters. The number of benzene rings is 1. The zero-order valence-electron chi connectivity index (χ0n) is 11.6. The summed E-state index contributed by atoms with van der Waals surface area (Å²) in [4.78, 5) is -0.253.